The van der Waals surface area contributed by atoms with Crippen molar-refractivity contribution in [1.29, 1.82) is 0 Å². The van der Waals surface area contributed by atoms with Crippen LogP contribution in [0.4, 0.5) is 10.1 Å². The van der Waals surface area contributed by atoms with Gasteiger partial charge >= 0.3 is 0 Å². The minimum Gasteiger partial charge on any atom is -0.366 e. The van der Waals surface area contributed by atoms with Gasteiger partial charge in [-0.25, -0.2) is 4.39 Å². The smallest absolute Gasteiger partial charge is 0.125 e. The molecule has 1 aromatic carbocycles. The molecule has 0 radical (unpaired) electrons. The van der Waals surface area contributed by atoms with Gasteiger partial charge in [0.1, 0.15) is 5.82 Å². The molecular formula is C15H21FN4. The van der Waals surface area contributed by atoms with Crippen LogP contribution in [0.2, 0.25) is 0 Å². The quantitative estimate of drug-likeness (QED) is 0.880. The molecule has 0 aliphatic heterocycles. The van der Waals surface area contributed by atoms with Gasteiger partial charge in [0.2, 0.25) is 0 Å². The van der Waals surface area contributed by atoms with Crippen LogP contribution < -0.4 is 10.6 Å². The predicted octanol–water partition coefficient (Wildman–Crippen LogP) is 2.22. The minimum absolute atomic E-state index is 0.221. The van der Waals surface area contributed by atoms with E-state index < -0.39 is 0 Å². The van der Waals surface area contributed by atoms with Gasteiger partial charge in [-0.1, -0.05) is 6.07 Å². The van der Waals surface area contributed by atoms with Gasteiger partial charge in [-0.15, -0.1) is 0 Å². The summed E-state index contributed by atoms with van der Waals surface area (Å²) in [5, 5.41) is 4.35. The monoisotopic (exact) mass is 276 g/mol. The molecule has 0 aliphatic carbocycles. The Morgan fingerprint density at radius 3 is 2.75 bits per heavy atom. The molecule has 0 saturated heterocycles. The fraction of sp³-hybridized carbons (Fsp3) is 0.400. The zero-order valence-electron chi connectivity index (χ0n) is 12.0. The number of benzene rings is 1. The first-order valence-corrected chi connectivity index (χ1v) is 6.80. The topological polar surface area (TPSA) is 47.1 Å². The van der Waals surface area contributed by atoms with Crippen molar-refractivity contribution in [2.24, 2.45) is 12.8 Å². The molecule has 1 heterocycles. The molecule has 108 valence electrons. The van der Waals surface area contributed by atoms with Crippen molar-refractivity contribution in [3.05, 3.63) is 47.5 Å². The number of nitrogens with two attached hydrogens (primary N) is 1. The maximum Gasteiger partial charge on any atom is 0.125 e. The maximum atomic E-state index is 13.4. The fourth-order valence-electron chi connectivity index (χ4n) is 2.26. The maximum absolute atomic E-state index is 13.4. The van der Waals surface area contributed by atoms with Gasteiger partial charge in [0.25, 0.3) is 0 Å². The molecule has 0 saturated carbocycles. The van der Waals surface area contributed by atoms with Gasteiger partial charge in [0.05, 0.1) is 17.9 Å². The highest BCUT2D eigenvalue weighted by atomic mass is 19.1. The van der Waals surface area contributed by atoms with Crippen LogP contribution in [0.25, 0.3) is 0 Å². The van der Waals surface area contributed by atoms with E-state index in [2.05, 4.69) is 16.1 Å². The Kier molecular flexibility index (Phi) is 4.74. The molecule has 0 amide bonds. The lowest BCUT2D eigenvalue weighted by Gasteiger charge is -2.24. The van der Waals surface area contributed by atoms with E-state index in [4.69, 9.17) is 5.73 Å². The van der Waals surface area contributed by atoms with Crippen LogP contribution in [0.3, 0.4) is 0 Å². The first-order chi connectivity index (χ1) is 9.60. The summed E-state index contributed by atoms with van der Waals surface area (Å²) in [6.07, 6.45) is 0.868. The molecule has 0 unspecified atom stereocenters. The van der Waals surface area contributed by atoms with Crippen LogP contribution in [0.1, 0.15) is 17.8 Å². The van der Waals surface area contributed by atoms with E-state index >= 15 is 0 Å². The van der Waals surface area contributed by atoms with Crippen molar-refractivity contribution in [3.63, 3.8) is 0 Å². The summed E-state index contributed by atoms with van der Waals surface area (Å²) in [6, 6.07) is 8.71. The SMILES string of the molecule is Cc1cc(CN(CCCN)c2cccc(F)c2)n(C)n1. The normalized spacial score (nSPS) is 10.8. The Labute approximate surface area is 119 Å². The van der Waals surface area contributed by atoms with Gasteiger partial charge in [-0.05, 0) is 44.2 Å². The second kappa shape index (κ2) is 6.52. The first kappa shape index (κ1) is 14.5. The van der Waals surface area contributed by atoms with E-state index in [1.165, 1.54) is 6.07 Å². The predicted molar refractivity (Wildman–Crippen MR) is 79.1 cm³/mol. The zero-order valence-corrected chi connectivity index (χ0v) is 12.0. The number of hydrogen-bond acceptors (Lipinski definition) is 3. The van der Waals surface area contributed by atoms with Crippen LogP contribution in [-0.2, 0) is 13.6 Å². The minimum atomic E-state index is -0.221. The highest BCUT2D eigenvalue weighted by molar-refractivity contribution is 5.46. The zero-order chi connectivity index (χ0) is 14.5. The van der Waals surface area contributed by atoms with Gasteiger partial charge in [0.15, 0.2) is 0 Å². The molecule has 2 aromatic rings. The van der Waals surface area contributed by atoms with E-state index in [0.29, 0.717) is 13.1 Å². The number of anilines is 1. The average Bonchev–Trinajstić information content (AvgIpc) is 2.72. The van der Waals surface area contributed by atoms with E-state index in [-0.39, 0.29) is 5.82 Å². The molecule has 5 heteroatoms. The highest BCUT2D eigenvalue weighted by Gasteiger charge is 2.11. The summed E-state index contributed by atoms with van der Waals surface area (Å²) >= 11 is 0. The lowest BCUT2D eigenvalue weighted by atomic mass is 10.2. The molecule has 0 fully saturated rings. The molecular weight excluding hydrogens is 255 g/mol. The van der Waals surface area contributed by atoms with Gasteiger partial charge in [0, 0.05) is 19.3 Å². The van der Waals surface area contributed by atoms with Crippen molar-refractivity contribution < 1.29 is 4.39 Å². The molecule has 0 atom stereocenters. The molecule has 2 N–H and O–H groups in total. The van der Waals surface area contributed by atoms with Crippen molar-refractivity contribution in [3.8, 4) is 0 Å². The van der Waals surface area contributed by atoms with Gasteiger partial charge in [-0.2, -0.15) is 5.10 Å². The average molecular weight is 276 g/mol. The molecule has 0 aliphatic rings. The largest absolute Gasteiger partial charge is 0.366 e. The first-order valence-electron chi connectivity index (χ1n) is 6.80. The lowest BCUT2D eigenvalue weighted by Crippen LogP contribution is -2.26. The summed E-state index contributed by atoms with van der Waals surface area (Å²) in [5.74, 6) is -0.221. The van der Waals surface area contributed by atoms with E-state index in [9.17, 15) is 4.39 Å². The Balaban J connectivity index is 2.21. The number of nitrogens with zero attached hydrogens (tertiary/aromatic N) is 3. The number of aryl methyl sites for hydroxylation is 2. The summed E-state index contributed by atoms with van der Waals surface area (Å²) in [4.78, 5) is 2.13. The number of rotatable bonds is 6. The Morgan fingerprint density at radius 2 is 2.15 bits per heavy atom. The van der Waals surface area contributed by atoms with Crippen molar-refractivity contribution in [2.75, 3.05) is 18.0 Å². The highest BCUT2D eigenvalue weighted by Crippen LogP contribution is 2.19. The third-order valence-electron chi connectivity index (χ3n) is 3.26. The van der Waals surface area contributed by atoms with E-state index in [1.807, 2.05) is 24.7 Å². The number of aromatic nitrogens is 2. The Bertz CT molecular complexity index is 565. The molecule has 2 rings (SSSR count). The third kappa shape index (κ3) is 3.57. The van der Waals surface area contributed by atoms with Gasteiger partial charge in [-0.3, -0.25) is 4.68 Å². The van der Waals surface area contributed by atoms with Crippen LogP contribution in [0, 0.1) is 12.7 Å². The molecule has 0 bridgehead atoms. The summed E-state index contributed by atoms with van der Waals surface area (Å²) in [6.45, 7) is 4.08. The second-order valence-corrected chi connectivity index (χ2v) is 4.94. The van der Waals surface area contributed by atoms with Crippen molar-refractivity contribution >= 4 is 5.69 Å². The molecule has 20 heavy (non-hydrogen) atoms. The number of hydrogen-bond donors (Lipinski definition) is 1. The standard InChI is InChI=1S/C15H21FN4/c1-12-9-15(19(2)18-12)11-20(8-4-7-17)14-6-3-5-13(16)10-14/h3,5-6,9-10H,4,7-8,11,17H2,1-2H3. The Morgan fingerprint density at radius 1 is 1.35 bits per heavy atom. The van der Waals surface area contributed by atoms with E-state index in [0.717, 1.165) is 30.0 Å². The van der Waals surface area contributed by atoms with Gasteiger partial charge < -0.3 is 10.6 Å². The van der Waals surface area contributed by atoms with Crippen molar-refractivity contribution in [2.45, 2.75) is 19.9 Å². The lowest BCUT2D eigenvalue weighted by molar-refractivity contribution is 0.623. The summed E-state index contributed by atoms with van der Waals surface area (Å²) < 4.78 is 15.3. The third-order valence-corrected chi connectivity index (χ3v) is 3.26. The molecule has 0 spiro atoms. The summed E-state index contributed by atoms with van der Waals surface area (Å²) in [7, 11) is 1.93. The van der Waals surface area contributed by atoms with Crippen LogP contribution in [0.5, 0.6) is 0 Å². The fourth-order valence-corrected chi connectivity index (χ4v) is 2.26. The van der Waals surface area contributed by atoms with Crippen molar-refractivity contribution in [1.82, 2.24) is 9.78 Å². The summed E-state index contributed by atoms with van der Waals surface area (Å²) in [5.41, 5.74) is 8.55. The second-order valence-electron chi connectivity index (χ2n) is 4.94. The van der Waals surface area contributed by atoms with Crippen LogP contribution >= 0.6 is 0 Å². The number of halogens is 1. The van der Waals surface area contributed by atoms with Crippen LogP contribution in [-0.4, -0.2) is 22.9 Å². The molecule has 1 aromatic heterocycles. The molecule has 4 nitrogen and oxygen atoms in total. The van der Waals surface area contributed by atoms with E-state index in [1.54, 1.807) is 12.1 Å². The Hall–Kier alpha value is -1.88. The van der Waals surface area contributed by atoms with Crippen LogP contribution in [0.15, 0.2) is 30.3 Å².